The molecule has 1 amide bonds. The minimum atomic E-state index is -4.68. The molecule has 6 nitrogen and oxygen atoms in total. The third-order valence-corrected chi connectivity index (χ3v) is 4.16. The van der Waals surface area contributed by atoms with Crippen LogP contribution in [0.4, 0.5) is 18.9 Å². The molecule has 26 heavy (non-hydrogen) atoms. The molecule has 1 aromatic heterocycles. The molecule has 10 heteroatoms. The summed E-state index contributed by atoms with van der Waals surface area (Å²) in [7, 11) is 0. The van der Waals surface area contributed by atoms with E-state index in [1.54, 1.807) is 12.1 Å². The van der Waals surface area contributed by atoms with Crippen molar-refractivity contribution in [1.82, 2.24) is 10.1 Å². The van der Waals surface area contributed by atoms with Crippen LogP contribution in [-0.4, -0.2) is 22.1 Å². The number of nitrogens with zero attached hydrogens (tertiary/aromatic N) is 2. The summed E-state index contributed by atoms with van der Waals surface area (Å²) < 4.78 is 41.6. The minimum absolute atomic E-state index is 0. The van der Waals surface area contributed by atoms with Crippen LogP contribution in [0.3, 0.4) is 0 Å². The topological polar surface area (TPSA) is 94.0 Å². The number of alkyl halides is 3. The summed E-state index contributed by atoms with van der Waals surface area (Å²) in [4.78, 5) is 15.6. The first-order valence-electron chi connectivity index (χ1n) is 7.90. The van der Waals surface area contributed by atoms with E-state index >= 15 is 0 Å². The predicted molar refractivity (Wildman–Crippen MR) is 90.5 cm³/mol. The van der Waals surface area contributed by atoms with Crippen molar-refractivity contribution in [3.63, 3.8) is 0 Å². The summed E-state index contributed by atoms with van der Waals surface area (Å²) in [5.41, 5.74) is 6.80. The first kappa shape index (κ1) is 20.2. The highest BCUT2D eigenvalue weighted by molar-refractivity contribution is 5.92. The fourth-order valence-corrected chi connectivity index (χ4v) is 2.87. The number of nitrogens with one attached hydrogen (secondary N) is 1. The van der Waals surface area contributed by atoms with Crippen LogP contribution in [-0.2, 0) is 11.0 Å². The molecule has 1 fully saturated rings. The van der Waals surface area contributed by atoms with E-state index in [1.807, 2.05) is 0 Å². The maximum absolute atomic E-state index is 12.5. The first-order chi connectivity index (χ1) is 11.8. The SMILES string of the molecule is Cl.NC1CCCC(C(=O)Nc2ccc(-c3noc(C(F)(F)F)n3)cc2)C1. The van der Waals surface area contributed by atoms with Gasteiger partial charge in [-0.05, 0) is 43.5 Å². The van der Waals surface area contributed by atoms with Crippen LogP contribution in [0.25, 0.3) is 11.4 Å². The van der Waals surface area contributed by atoms with Gasteiger partial charge in [0.2, 0.25) is 11.7 Å². The van der Waals surface area contributed by atoms with Crippen molar-refractivity contribution in [2.75, 3.05) is 5.32 Å². The molecule has 2 unspecified atom stereocenters. The van der Waals surface area contributed by atoms with Crippen molar-refractivity contribution in [3.8, 4) is 11.4 Å². The van der Waals surface area contributed by atoms with Crippen LogP contribution in [0.5, 0.6) is 0 Å². The van der Waals surface area contributed by atoms with E-state index in [-0.39, 0.29) is 36.1 Å². The highest BCUT2D eigenvalue weighted by Gasteiger charge is 2.38. The second kappa shape index (κ2) is 8.05. The number of carbonyl (C=O) groups excluding carboxylic acids is 1. The molecule has 1 aliphatic rings. The quantitative estimate of drug-likeness (QED) is 0.834. The van der Waals surface area contributed by atoms with Crippen LogP contribution in [0, 0.1) is 5.92 Å². The zero-order valence-electron chi connectivity index (χ0n) is 13.6. The summed E-state index contributed by atoms with van der Waals surface area (Å²) in [5, 5.41) is 6.12. The molecule has 1 heterocycles. The standard InChI is InChI=1S/C16H17F3N4O2.ClH/c17-16(18,19)15-22-13(23-25-15)9-4-6-12(7-5-9)21-14(24)10-2-1-3-11(20)8-10;/h4-7,10-11H,1-3,8,20H2,(H,21,24);1H. The van der Waals surface area contributed by atoms with Gasteiger partial charge in [-0.15, -0.1) is 12.4 Å². The van der Waals surface area contributed by atoms with Crippen LogP contribution in [0.15, 0.2) is 28.8 Å². The van der Waals surface area contributed by atoms with Crippen molar-refractivity contribution in [2.24, 2.45) is 11.7 Å². The molecule has 2 aromatic rings. The molecule has 3 rings (SSSR count). The number of aromatic nitrogens is 2. The average molecular weight is 391 g/mol. The normalized spacial score (nSPS) is 20.3. The number of rotatable bonds is 3. The van der Waals surface area contributed by atoms with E-state index in [0.29, 0.717) is 17.7 Å². The van der Waals surface area contributed by atoms with Crippen molar-refractivity contribution in [2.45, 2.75) is 37.9 Å². The second-order valence-electron chi connectivity index (χ2n) is 6.11. The Morgan fingerprint density at radius 1 is 1.23 bits per heavy atom. The van der Waals surface area contributed by atoms with Crippen molar-refractivity contribution < 1.29 is 22.5 Å². The van der Waals surface area contributed by atoms with Gasteiger partial charge in [-0.3, -0.25) is 4.79 Å². The Morgan fingerprint density at radius 3 is 2.50 bits per heavy atom. The Balaban J connectivity index is 0.00000243. The van der Waals surface area contributed by atoms with Gasteiger partial charge in [0, 0.05) is 23.2 Å². The van der Waals surface area contributed by atoms with Gasteiger partial charge in [-0.2, -0.15) is 18.2 Å². The molecule has 3 N–H and O–H groups in total. The van der Waals surface area contributed by atoms with Crippen LogP contribution in [0.1, 0.15) is 31.6 Å². The monoisotopic (exact) mass is 390 g/mol. The zero-order valence-corrected chi connectivity index (χ0v) is 14.4. The zero-order chi connectivity index (χ0) is 18.0. The highest BCUT2D eigenvalue weighted by Crippen LogP contribution is 2.30. The lowest BCUT2D eigenvalue weighted by molar-refractivity contribution is -0.159. The van der Waals surface area contributed by atoms with E-state index in [0.717, 1.165) is 19.3 Å². The number of amides is 1. The molecule has 1 aromatic carbocycles. The molecule has 0 aliphatic heterocycles. The van der Waals surface area contributed by atoms with Crippen LogP contribution in [0.2, 0.25) is 0 Å². The maximum Gasteiger partial charge on any atom is 0.471 e. The Kier molecular flexibility index (Phi) is 6.25. The summed E-state index contributed by atoms with van der Waals surface area (Å²) >= 11 is 0. The summed E-state index contributed by atoms with van der Waals surface area (Å²) in [5.74, 6) is -1.77. The fraction of sp³-hybridized carbons (Fsp3) is 0.438. The average Bonchev–Trinajstić information content (AvgIpc) is 3.06. The summed E-state index contributed by atoms with van der Waals surface area (Å²) in [6.07, 6.45) is -1.35. The van der Waals surface area contributed by atoms with Crippen molar-refractivity contribution in [3.05, 3.63) is 30.2 Å². The third-order valence-electron chi connectivity index (χ3n) is 4.16. The molecule has 142 valence electrons. The molecule has 0 bridgehead atoms. The molecule has 0 saturated heterocycles. The van der Waals surface area contributed by atoms with Crippen molar-refractivity contribution >= 4 is 24.0 Å². The largest absolute Gasteiger partial charge is 0.471 e. The highest BCUT2D eigenvalue weighted by atomic mass is 35.5. The van der Waals surface area contributed by atoms with Gasteiger partial charge in [0.15, 0.2) is 0 Å². The second-order valence-corrected chi connectivity index (χ2v) is 6.11. The lowest BCUT2D eigenvalue weighted by Crippen LogP contribution is -2.34. The molecular weight excluding hydrogens is 373 g/mol. The molecule has 0 spiro atoms. The molecule has 2 atom stereocenters. The van der Waals surface area contributed by atoms with Gasteiger partial charge in [0.1, 0.15) is 0 Å². The third kappa shape index (κ3) is 4.73. The van der Waals surface area contributed by atoms with Gasteiger partial charge in [0.05, 0.1) is 0 Å². The molecular formula is C16H18ClF3N4O2. The lowest BCUT2D eigenvalue weighted by Gasteiger charge is -2.25. The Labute approximate surface area is 153 Å². The van der Waals surface area contributed by atoms with E-state index in [1.165, 1.54) is 12.1 Å². The van der Waals surface area contributed by atoms with Crippen LogP contribution < -0.4 is 11.1 Å². The fourth-order valence-electron chi connectivity index (χ4n) is 2.87. The van der Waals surface area contributed by atoms with Gasteiger partial charge in [0.25, 0.3) is 0 Å². The molecule has 0 radical (unpaired) electrons. The number of hydrogen-bond acceptors (Lipinski definition) is 5. The Bertz CT molecular complexity index is 749. The maximum atomic E-state index is 12.5. The van der Waals surface area contributed by atoms with Crippen LogP contribution >= 0.6 is 12.4 Å². The smallest absolute Gasteiger partial charge is 0.329 e. The number of halogens is 4. The lowest BCUT2D eigenvalue weighted by atomic mass is 9.85. The summed E-state index contributed by atoms with van der Waals surface area (Å²) in [6.45, 7) is 0. The molecule has 1 saturated carbocycles. The van der Waals surface area contributed by atoms with E-state index in [2.05, 4.69) is 20.0 Å². The number of benzene rings is 1. The van der Waals surface area contributed by atoms with Gasteiger partial charge >= 0.3 is 12.1 Å². The predicted octanol–water partition coefficient (Wildman–Crippen LogP) is 3.63. The van der Waals surface area contributed by atoms with Gasteiger partial charge in [-0.25, -0.2) is 0 Å². The number of anilines is 1. The number of nitrogens with two attached hydrogens (primary N) is 1. The number of hydrogen-bond donors (Lipinski definition) is 2. The number of carbonyl (C=O) groups is 1. The van der Waals surface area contributed by atoms with Gasteiger partial charge < -0.3 is 15.6 Å². The van der Waals surface area contributed by atoms with E-state index in [9.17, 15) is 18.0 Å². The van der Waals surface area contributed by atoms with Gasteiger partial charge in [-0.1, -0.05) is 11.6 Å². The van der Waals surface area contributed by atoms with Crippen molar-refractivity contribution in [1.29, 1.82) is 0 Å². The Morgan fingerprint density at radius 2 is 1.92 bits per heavy atom. The Hall–Kier alpha value is -2.13. The van der Waals surface area contributed by atoms with E-state index in [4.69, 9.17) is 5.73 Å². The minimum Gasteiger partial charge on any atom is -0.329 e. The van der Waals surface area contributed by atoms with E-state index < -0.39 is 12.1 Å². The first-order valence-corrected chi connectivity index (χ1v) is 7.90. The summed E-state index contributed by atoms with van der Waals surface area (Å²) in [6, 6.07) is 6.26. The molecule has 1 aliphatic carbocycles.